The molecular weight excluding hydrogens is 373 g/mol. The van der Waals surface area contributed by atoms with Crippen LogP contribution >= 0.6 is 23.2 Å². The highest BCUT2D eigenvalue weighted by Crippen LogP contribution is 2.26. The van der Waals surface area contributed by atoms with Gasteiger partial charge in [0.25, 0.3) is 0 Å². The number of hydrogen-bond acceptors (Lipinski definition) is 2. The summed E-state index contributed by atoms with van der Waals surface area (Å²) in [5.41, 5.74) is 2.11. The molecule has 0 aromatic heterocycles. The second-order valence-electron chi connectivity index (χ2n) is 5.96. The Balaban J connectivity index is 2.21. The van der Waals surface area contributed by atoms with E-state index in [2.05, 4.69) is 5.32 Å². The van der Waals surface area contributed by atoms with Crippen LogP contribution in [0.4, 0.5) is 0 Å². The summed E-state index contributed by atoms with van der Waals surface area (Å²) >= 11 is 11.9. The predicted octanol–water partition coefficient (Wildman–Crippen LogP) is 4.47. The van der Waals surface area contributed by atoms with Gasteiger partial charge in [-0.15, -0.1) is 0 Å². The Hall–Kier alpha value is -2.30. The summed E-state index contributed by atoms with van der Waals surface area (Å²) in [6, 6.07) is 14.8. The van der Waals surface area contributed by atoms with Gasteiger partial charge in [-0.3, -0.25) is 4.79 Å². The van der Waals surface area contributed by atoms with Gasteiger partial charge in [0.1, 0.15) is 0 Å². The summed E-state index contributed by atoms with van der Waals surface area (Å²) in [7, 11) is 0. The van der Waals surface area contributed by atoms with E-state index in [1.165, 1.54) is 0 Å². The van der Waals surface area contributed by atoms with Gasteiger partial charge >= 0.3 is 5.97 Å². The fraction of sp³-hybridized carbons (Fsp3) is 0.200. The zero-order valence-corrected chi connectivity index (χ0v) is 15.7. The van der Waals surface area contributed by atoms with Gasteiger partial charge in [0.15, 0.2) is 0 Å². The van der Waals surface area contributed by atoms with Crippen molar-refractivity contribution in [3.63, 3.8) is 0 Å². The zero-order valence-electron chi connectivity index (χ0n) is 14.2. The summed E-state index contributed by atoms with van der Waals surface area (Å²) in [5, 5.41) is 12.8. The number of amides is 1. The molecule has 2 aromatic rings. The standard InChI is InChI=1S/C20H19Cl2NO3/c1-13(23-19(24)10-11-20(25)26)18(15-4-8-17(22)9-5-15)12-14-2-6-16(21)7-3-14/h2-11,13,18H,12H2,1H3,(H,23,24)(H,25,26)/b11-10+/t13-,18-/m0/s1. The van der Waals surface area contributed by atoms with Crippen molar-refractivity contribution >= 4 is 35.1 Å². The van der Waals surface area contributed by atoms with Gasteiger partial charge in [-0.25, -0.2) is 4.79 Å². The summed E-state index contributed by atoms with van der Waals surface area (Å²) in [6.45, 7) is 1.89. The van der Waals surface area contributed by atoms with Gasteiger partial charge in [0.05, 0.1) is 0 Å². The molecule has 0 saturated heterocycles. The predicted molar refractivity (Wildman–Crippen MR) is 104 cm³/mol. The van der Waals surface area contributed by atoms with Gasteiger partial charge < -0.3 is 10.4 Å². The number of benzene rings is 2. The monoisotopic (exact) mass is 391 g/mol. The zero-order chi connectivity index (χ0) is 19.1. The van der Waals surface area contributed by atoms with Crippen LogP contribution in [0.25, 0.3) is 0 Å². The molecule has 0 saturated carbocycles. The molecule has 2 atom stereocenters. The van der Waals surface area contributed by atoms with E-state index in [4.69, 9.17) is 28.3 Å². The molecule has 26 heavy (non-hydrogen) atoms. The maximum atomic E-state index is 11.9. The van der Waals surface area contributed by atoms with Crippen LogP contribution in [0, 0.1) is 0 Å². The van der Waals surface area contributed by atoms with Crippen molar-refractivity contribution in [2.45, 2.75) is 25.3 Å². The average molecular weight is 392 g/mol. The second kappa shape index (κ2) is 9.41. The average Bonchev–Trinajstić information content (AvgIpc) is 2.60. The molecule has 1 amide bonds. The molecule has 136 valence electrons. The molecule has 0 aliphatic heterocycles. The highest BCUT2D eigenvalue weighted by atomic mass is 35.5. The highest BCUT2D eigenvalue weighted by Gasteiger charge is 2.21. The first-order chi connectivity index (χ1) is 12.3. The van der Waals surface area contributed by atoms with E-state index in [1.54, 1.807) is 0 Å². The van der Waals surface area contributed by atoms with Crippen LogP contribution in [-0.4, -0.2) is 23.0 Å². The molecule has 0 bridgehead atoms. The Morgan fingerprint density at radius 3 is 2.08 bits per heavy atom. The molecule has 6 heteroatoms. The lowest BCUT2D eigenvalue weighted by Gasteiger charge is -2.25. The van der Waals surface area contributed by atoms with Crippen LogP contribution in [-0.2, 0) is 16.0 Å². The topological polar surface area (TPSA) is 66.4 Å². The minimum absolute atomic E-state index is 0.0179. The SMILES string of the molecule is C[C@H](NC(=O)/C=C/C(=O)O)[C@H](Cc1ccc(Cl)cc1)c1ccc(Cl)cc1. The first-order valence-electron chi connectivity index (χ1n) is 8.06. The molecule has 4 nitrogen and oxygen atoms in total. The van der Waals surface area contributed by atoms with E-state index in [9.17, 15) is 9.59 Å². The molecule has 0 unspecified atom stereocenters. The number of carbonyl (C=O) groups excluding carboxylic acids is 1. The van der Waals surface area contributed by atoms with Gasteiger partial charge in [0, 0.05) is 34.2 Å². The van der Waals surface area contributed by atoms with E-state index in [0.29, 0.717) is 16.5 Å². The van der Waals surface area contributed by atoms with Crippen molar-refractivity contribution in [2.24, 2.45) is 0 Å². The molecule has 2 N–H and O–H groups in total. The fourth-order valence-corrected chi connectivity index (χ4v) is 2.94. The van der Waals surface area contributed by atoms with Gasteiger partial charge in [-0.05, 0) is 48.7 Å². The lowest BCUT2D eigenvalue weighted by atomic mass is 9.86. The van der Waals surface area contributed by atoms with E-state index in [-0.39, 0.29) is 12.0 Å². The number of carbonyl (C=O) groups is 2. The Morgan fingerprint density at radius 1 is 1.00 bits per heavy atom. The number of rotatable bonds is 7. The van der Waals surface area contributed by atoms with Crippen LogP contribution in [0.5, 0.6) is 0 Å². The highest BCUT2D eigenvalue weighted by molar-refractivity contribution is 6.30. The molecule has 0 aliphatic rings. The van der Waals surface area contributed by atoms with E-state index >= 15 is 0 Å². The molecule has 2 aromatic carbocycles. The lowest BCUT2D eigenvalue weighted by Crippen LogP contribution is -2.37. The largest absolute Gasteiger partial charge is 0.478 e. The normalized spacial score (nSPS) is 13.3. The Bertz CT molecular complexity index is 786. The number of aliphatic carboxylic acids is 1. The smallest absolute Gasteiger partial charge is 0.328 e. The van der Waals surface area contributed by atoms with Crippen LogP contribution in [0.15, 0.2) is 60.7 Å². The first kappa shape index (κ1) is 20.0. The summed E-state index contributed by atoms with van der Waals surface area (Å²) in [5.74, 6) is -1.63. The second-order valence-corrected chi connectivity index (χ2v) is 6.83. The van der Waals surface area contributed by atoms with Crippen molar-refractivity contribution in [3.8, 4) is 0 Å². The summed E-state index contributed by atoms with van der Waals surface area (Å²) < 4.78 is 0. The van der Waals surface area contributed by atoms with Crippen molar-refractivity contribution in [1.29, 1.82) is 0 Å². The van der Waals surface area contributed by atoms with E-state index < -0.39 is 11.9 Å². The van der Waals surface area contributed by atoms with E-state index in [1.807, 2.05) is 55.5 Å². The summed E-state index contributed by atoms with van der Waals surface area (Å²) in [4.78, 5) is 22.5. The third-order valence-electron chi connectivity index (χ3n) is 4.02. The van der Waals surface area contributed by atoms with Gasteiger partial charge in [-0.1, -0.05) is 47.5 Å². The molecular formula is C20H19Cl2NO3. The Kier molecular flexibility index (Phi) is 7.25. The lowest BCUT2D eigenvalue weighted by molar-refractivity contribution is -0.131. The maximum absolute atomic E-state index is 11.9. The quantitative estimate of drug-likeness (QED) is 0.684. The Morgan fingerprint density at radius 2 is 1.54 bits per heavy atom. The van der Waals surface area contributed by atoms with Crippen LogP contribution in [0.3, 0.4) is 0 Å². The van der Waals surface area contributed by atoms with Gasteiger partial charge in [-0.2, -0.15) is 0 Å². The van der Waals surface area contributed by atoms with Crippen LogP contribution in [0.1, 0.15) is 24.0 Å². The molecule has 0 fully saturated rings. The van der Waals surface area contributed by atoms with Crippen molar-refractivity contribution in [2.75, 3.05) is 0 Å². The minimum atomic E-state index is -1.16. The number of hydrogen-bond donors (Lipinski definition) is 2. The molecule has 0 spiro atoms. The summed E-state index contributed by atoms with van der Waals surface area (Å²) in [6.07, 6.45) is 2.52. The molecule has 0 heterocycles. The van der Waals surface area contributed by atoms with E-state index in [0.717, 1.165) is 23.3 Å². The minimum Gasteiger partial charge on any atom is -0.478 e. The third kappa shape index (κ3) is 6.21. The number of carboxylic acids is 1. The first-order valence-corrected chi connectivity index (χ1v) is 8.82. The molecule has 0 radical (unpaired) electrons. The third-order valence-corrected chi connectivity index (χ3v) is 4.52. The van der Waals surface area contributed by atoms with Gasteiger partial charge in [0.2, 0.25) is 5.91 Å². The number of carboxylic acid groups (broad SMARTS) is 1. The molecule has 2 rings (SSSR count). The van der Waals surface area contributed by atoms with Crippen molar-refractivity contribution in [1.82, 2.24) is 5.32 Å². The molecule has 0 aliphatic carbocycles. The fourth-order valence-electron chi connectivity index (χ4n) is 2.69. The van der Waals surface area contributed by atoms with Crippen LogP contribution < -0.4 is 5.32 Å². The number of halogens is 2. The Labute approximate surface area is 162 Å². The van der Waals surface area contributed by atoms with Crippen LogP contribution in [0.2, 0.25) is 10.0 Å². The maximum Gasteiger partial charge on any atom is 0.328 e. The van der Waals surface area contributed by atoms with Crippen molar-refractivity contribution < 1.29 is 14.7 Å². The van der Waals surface area contributed by atoms with Crippen molar-refractivity contribution in [3.05, 3.63) is 81.9 Å². The number of nitrogens with one attached hydrogen (secondary N) is 1.